The zero-order valence-electron chi connectivity index (χ0n) is 10.7. The van der Waals surface area contributed by atoms with Gasteiger partial charge in [0, 0.05) is 11.6 Å². The van der Waals surface area contributed by atoms with Gasteiger partial charge in [0.1, 0.15) is 5.75 Å². The molecule has 0 atom stereocenters. The topological polar surface area (TPSA) is 52.4 Å². The maximum Gasteiger partial charge on any atom is 0.272 e. The fourth-order valence-corrected chi connectivity index (χ4v) is 1.71. The lowest BCUT2D eigenvalue weighted by molar-refractivity contribution is -0.385. The second kappa shape index (κ2) is 7.74. The van der Waals surface area contributed by atoms with Crippen molar-refractivity contribution in [3.63, 3.8) is 0 Å². The Balaban J connectivity index is 2.35. The van der Waals surface area contributed by atoms with Gasteiger partial charge >= 0.3 is 0 Å². The summed E-state index contributed by atoms with van der Waals surface area (Å²) in [7, 11) is 5.40. The van der Waals surface area contributed by atoms with Gasteiger partial charge in [-0.25, -0.2) is 0 Å². The lowest BCUT2D eigenvalue weighted by Gasteiger charge is -2.07. The van der Waals surface area contributed by atoms with Gasteiger partial charge in [0.2, 0.25) is 0 Å². The maximum atomic E-state index is 10.6. The first-order valence-electron chi connectivity index (χ1n) is 6.23. The molecule has 18 heavy (non-hydrogen) atoms. The van der Waals surface area contributed by atoms with Gasteiger partial charge in [-0.15, -0.1) is 0 Å². The van der Waals surface area contributed by atoms with Gasteiger partial charge in [-0.2, -0.15) is 0 Å². The number of nitro benzene ring substituents is 1. The fraction of sp³-hybridized carbons (Fsp3) is 0.538. The monoisotopic (exact) mass is 247 g/mol. The Hall–Kier alpha value is -1.52. The van der Waals surface area contributed by atoms with Gasteiger partial charge < -0.3 is 4.74 Å². The molecule has 0 fully saturated rings. The summed E-state index contributed by atoms with van der Waals surface area (Å²) in [6.45, 7) is 2.36. The molecule has 0 saturated carbocycles. The average molecular weight is 247 g/mol. The van der Waals surface area contributed by atoms with E-state index >= 15 is 0 Å². The lowest BCUT2D eigenvalue weighted by Crippen LogP contribution is -1.98. The number of ether oxygens (including phenoxy) is 1. The van der Waals surface area contributed by atoms with Gasteiger partial charge in [-0.3, -0.25) is 10.1 Å². The molecule has 5 heteroatoms. The highest BCUT2D eigenvalue weighted by atomic mass is 16.6. The van der Waals surface area contributed by atoms with E-state index < -0.39 is 0 Å². The van der Waals surface area contributed by atoms with E-state index in [0.717, 1.165) is 32.0 Å². The predicted molar refractivity (Wildman–Crippen MR) is 72.4 cm³/mol. The number of unbranched alkanes of at least 4 members (excludes halogenated alkanes) is 3. The van der Waals surface area contributed by atoms with E-state index in [4.69, 9.17) is 12.6 Å². The molecule has 0 heterocycles. The standard InChI is InChI=1S/C13H18BNO3/c1-11-10-12(6-7-13(11)15(16)17)18-9-5-3-2-4-8-14/h6-7,10H,2-5,8-9H2,1H3. The summed E-state index contributed by atoms with van der Waals surface area (Å²) in [5, 5.41) is 10.6. The summed E-state index contributed by atoms with van der Waals surface area (Å²) in [4.78, 5) is 10.3. The normalized spacial score (nSPS) is 10.3. The third-order valence-electron chi connectivity index (χ3n) is 2.73. The zero-order valence-corrected chi connectivity index (χ0v) is 10.7. The van der Waals surface area contributed by atoms with E-state index in [1.165, 1.54) is 6.07 Å². The molecule has 0 unspecified atom stereocenters. The van der Waals surface area contributed by atoms with Crippen molar-refractivity contribution in [3.8, 4) is 5.75 Å². The molecule has 0 aliphatic heterocycles. The fourth-order valence-electron chi connectivity index (χ4n) is 1.71. The molecular formula is C13H18BNO3. The van der Waals surface area contributed by atoms with Crippen LogP contribution in [-0.4, -0.2) is 19.4 Å². The summed E-state index contributed by atoms with van der Waals surface area (Å²) in [5.41, 5.74) is 0.755. The molecule has 4 nitrogen and oxygen atoms in total. The summed E-state index contributed by atoms with van der Waals surface area (Å²) in [6.07, 6.45) is 5.00. The van der Waals surface area contributed by atoms with Crippen LogP contribution >= 0.6 is 0 Å². The molecule has 2 radical (unpaired) electrons. The Kier molecular flexibility index (Phi) is 6.26. The molecule has 0 amide bonds. The Bertz CT molecular complexity index is 396. The van der Waals surface area contributed by atoms with Crippen LogP contribution in [0.3, 0.4) is 0 Å². The Morgan fingerprint density at radius 1 is 1.28 bits per heavy atom. The summed E-state index contributed by atoms with van der Waals surface area (Å²) >= 11 is 0. The third kappa shape index (κ3) is 4.78. The average Bonchev–Trinajstić information content (AvgIpc) is 2.33. The Morgan fingerprint density at radius 2 is 2.00 bits per heavy atom. The minimum atomic E-state index is -0.383. The maximum absolute atomic E-state index is 10.6. The number of nitro groups is 1. The number of rotatable bonds is 8. The highest BCUT2D eigenvalue weighted by Crippen LogP contribution is 2.23. The lowest BCUT2D eigenvalue weighted by atomic mass is 9.99. The van der Waals surface area contributed by atoms with Crippen LogP contribution in [0.15, 0.2) is 18.2 Å². The van der Waals surface area contributed by atoms with Crippen LogP contribution in [-0.2, 0) is 0 Å². The first-order chi connectivity index (χ1) is 8.65. The molecule has 96 valence electrons. The van der Waals surface area contributed by atoms with Crippen molar-refractivity contribution < 1.29 is 9.66 Å². The van der Waals surface area contributed by atoms with Crippen molar-refractivity contribution in [1.82, 2.24) is 0 Å². The Labute approximate surface area is 109 Å². The first kappa shape index (κ1) is 14.5. The number of hydrogen-bond donors (Lipinski definition) is 0. The Morgan fingerprint density at radius 3 is 2.61 bits per heavy atom. The van der Waals surface area contributed by atoms with Crippen molar-refractivity contribution in [2.45, 2.75) is 38.9 Å². The van der Waals surface area contributed by atoms with Crippen LogP contribution in [0.2, 0.25) is 6.32 Å². The molecule has 0 spiro atoms. The van der Waals surface area contributed by atoms with E-state index in [1.807, 2.05) is 0 Å². The zero-order chi connectivity index (χ0) is 13.4. The van der Waals surface area contributed by atoms with Crippen molar-refractivity contribution in [2.75, 3.05) is 6.61 Å². The number of nitrogens with zero attached hydrogens (tertiary/aromatic N) is 1. The molecule has 1 aromatic rings. The van der Waals surface area contributed by atoms with E-state index in [9.17, 15) is 10.1 Å². The summed E-state index contributed by atoms with van der Waals surface area (Å²) < 4.78 is 5.55. The van der Waals surface area contributed by atoms with E-state index in [0.29, 0.717) is 17.9 Å². The first-order valence-corrected chi connectivity index (χ1v) is 6.23. The second-order valence-electron chi connectivity index (χ2n) is 4.26. The smallest absolute Gasteiger partial charge is 0.272 e. The summed E-state index contributed by atoms with van der Waals surface area (Å²) in [6, 6.07) is 4.84. The molecule has 0 saturated heterocycles. The molecule has 0 aliphatic rings. The summed E-state index contributed by atoms with van der Waals surface area (Å²) in [5.74, 6) is 0.692. The number of benzene rings is 1. The third-order valence-corrected chi connectivity index (χ3v) is 2.73. The van der Waals surface area contributed by atoms with Crippen LogP contribution in [0.5, 0.6) is 5.75 Å². The van der Waals surface area contributed by atoms with Crippen molar-refractivity contribution in [2.24, 2.45) is 0 Å². The minimum absolute atomic E-state index is 0.130. The molecule has 0 bridgehead atoms. The predicted octanol–water partition coefficient (Wildman–Crippen LogP) is 3.43. The van der Waals surface area contributed by atoms with Crippen LogP contribution in [0.4, 0.5) is 5.69 Å². The van der Waals surface area contributed by atoms with Crippen molar-refractivity contribution in [3.05, 3.63) is 33.9 Å². The minimum Gasteiger partial charge on any atom is -0.494 e. The molecule has 1 aromatic carbocycles. The SMILES string of the molecule is [B]CCCCCCOc1ccc([N+](=O)[O-])c(C)c1. The number of hydrogen-bond acceptors (Lipinski definition) is 3. The molecule has 0 N–H and O–H groups in total. The van der Waals surface area contributed by atoms with E-state index in [-0.39, 0.29) is 10.6 Å². The second-order valence-corrected chi connectivity index (χ2v) is 4.26. The van der Waals surface area contributed by atoms with Crippen molar-refractivity contribution in [1.29, 1.82) is 0 Å². The van der Waals surface area contributed by atoms with Crippen LogP contribution in [0.25, 0.3) is 0 Å². The molecule has 1 rings (SSSR count). The van der Waals surface area contributed by atoms with Gasteiger partial charge in [-0.05, 0) is 25.5 Å². The van der Waals surface area contributed by atoms with Crippen LogP contribution in [0, 0.1) is 17.0 Å². The highest BCUT2D eigenvalue weighted by Gasteiger charge is 2.10. The largest absolute Gasteiger partial charge is 0.494 e. The molecule has 0 aliphatic carbocycles. The van der Waals surface area contributed by atoms with Crippen LogP contribution < -0.4 is 4.74 Å². The van der Waals surface area contributed by atoms with Crippen LogP contribution in [0.1, 0.15) is 31.2 Å². The molecular weight excluding hydrogens is 229 g/mol. The van der Waals surface area contributed by atoms with Gasteiger partial charge in [-0.1, -0.05) is 25.6 Å². The quantitative estimate of drug-likeness (QED) is 0.306. The highest BCUT2D eigenvalue weighted by molar-refractivity contribution is 6.08. The van der Waals surface area contributed by atoms with Crippen molar-refractivity contribution >= 4 is 13.5 Å². The van der Waals surface area contributed by atoms with Gasteiger partial charge in [0.25, 0.3) is 5.69 Å². The van der Waals surface area contributed by atoms with E-state index in [1.54, 1.807) is 19.1 Å². The van der Waals surface area contributed by atoms with E-state index in [2.05, 4.69) is 0 Å². The molecule has 0 aromatic heterocycles. The number of aryl methyl sites for hydroxylation is 1. The van der Waals surface area contributed by atoms with Gasteiger partial charge in [0.05, 0.1) is 19.4 Å². The van der Waals surface area contributed by atoms with Gasteiger partial charge in [0.15, 0.2) is 0 Å².